The minimum Gasteiger partial charge on any atom is -0.393 e. The monoisotopic (exact) mass is 249 g/mol. The van der Waals surface area contributed by atoms with Crippen molar-refractivity contribution in [3.05, 3.63) is 33.9 Å². The lowest BCUT2D eigenvalue weighted by atomic mass is 10.1. The molecule has 0 saturated carbocycles. The summed E-state index contributed by atoms with van der Waals surface area (Å²) in [4.78, 5) is 23.5. The zero-order valence-corrected chi connectivity index (χ0v) is 9.96. The number of hydrogen-bond donors (Lipinski definition) is 1. The van der Waals surface area contributed by atoms with Gasteiger partial charge >= 0.3 is 0 Å². The number of nitro groups is 1. The van der Waals surface area contributed by atoms with Gasteiger partial charge in [-0.25, -0.2) is 0 Å². The van der Waals surface area contributed by atoms with Crippen LogP contribution in [0, 0.1) is 10.1 Å². The maximum Gasteiger partial charge on any atom is 0.292 e. The highest BCUT2D eigenvalue weighted by molar-refractivity contribution is 5.78. The van der Waals surface area contributed by atoms with Gasteiger partial charge in [0, 0.05) is 25.6 Å². The second kappa shape index (κ2) is 5.03. The highest BCUT2D eigenvalue weighted by Gasteiger charge is 2.20. The Labute approximate surface area is 105 Å². The molecule has 0 bridgehead atoms. The Balaban J connectivity index is 2.03. The lowest BCUT2D eigenvalue weighted by molar-refractivity contribution is -0.384. The molecule has 1 aromatic carbocycles. The van der Waals surface area contributed by atoms with Crippen molar-refractivity contribution in [3.63, 3.8) is 0 Å². The molecule has 0 unspecified atom stereocenters. The summed E-state index contributed by atoms with van der Waals surface area (Å²) in [6.45, 7) is 1.40. The summed E-state index contributed by atoms with van der Waals surface area (Å²) in [6.07, 6.45) is 2.13. The van der Waals surface area contributed by atoms with Crippen LogP contribution in [0.15, 0.2) is 18.2 Å². The maximum absolute atomic E-state index is 11.4. The molecule has 0 radical (unpaired) electrons. The maximum atomic E-state index is 11.4. The molecule has 6 heteroatoms. The Morgan fingerprint density at radius 1 is 1.44 bits per heavy atom. The molecule has 1 heterocycles. The van der Waals surface area contributed by atoms with Crippen molar-refractivity contribution in [2.75, 3.05) is 18.8 Å². The van der Waals surface area contributed by atoms with Crippen LogP contribution in [0.2, 0.25) is 0 Å². The third-order valence-electron chi connectivity index (χ3n) is 3.13. The second-order valence-electron chi connectivity index (χ2n) is 4.38. The van der Waals surface area contributed by atoms with Gasteiger partial charge in [-0.2, -0.15) is 0 Å². The zero-order chi connectivity index (χ0) is 13.1. The van der Waals surface area contributed by atoms with Gasteiger partial charge in [-0.05, 0) is 24.5 Å². The van der Waals surface area contributed by atoms with Crippen LogP contribution in [0.25, 0.3) is 0 Å². The molecule has 1 fully saturated rings. The average Bonchev–Trinajstić information content (AvgIpc) is 2.73. The van der Waals surface area contributed by atoms with E-state index in [0.717, 1.165) is 18.5 Å². The first-order chi connectivity index (χ1) is 8.58. The summed E-state index contributed by atoms with van der Waals surface area (Å²) in [7, 11) is 0. The van der Waals surface area contributed by atoms with E-state index in [4.69, 9.17) is 5.73 Å². The largest absolute Gasteiger partial charge is 0.393 e. The molecule has 1 aromatic rings. The van der Waals surface area contributed by atoms with Gasteiger partial charge < -0.3 is 10.6 Å². The molecule has 0 atom stereocenters. The SMILES string of the molecule is Nc1ccc(CCN2CCCC2=O)cc1[N+](=O)[O-]. The number of anilines is 1. The van der Waals surface area contributed by atoms with Gasteiger partial charge in [-0.3, -0.25) is 14.9 Å². The zero-order valence-electron chi connectivity index (χ0n) is 9.96. The van der Waals surface area contributed by atoms with Crippen LogP contribution in [0.5, 0.6) is 0 Å². The molecule has 96 valence electrons. The number of rotatable bonds is 4. The molecule has 6 nitrogen and oxygen atoms in total. The van der Waals surface area contributed by atoms with E-state index in [2.05, 4.69) is 0 Å². The van der Waals surface area contributed by atoms with Crippen LogP contribution in [0.3, 0.4) is 0 Å². The Hall–Kier alpha value is -2.11. The number of benzene rings is 1. The molecular formula is C12H15N3O3. The van der Waals surface area contributed by atoms with E-state index in [9.17, 15) is 14.9 Å². The van der Waals surface area contributed by atoms with E-state index in [1.807, 2.05) is 0 Å². The highest BCUT2D eigenvalue weighted by Crippen LogP contribution is 2.23. The molecule has 2 N–H and O–H groups in total. The van der Waals surface area contributed by atoms with E-state index < -0.39 is 4.92 Å². The lowest BCUT2D eigenvalue weighted by Crippen LogP contribution is -2.26. The average molecular weight is 249 g/mol. The summed E-state index contributed by atoms with van der Waals surface area (Å²) < 4.78 is 0. The Kier molecular flexibility index (Phi) is 3.45. The molecule has 0 aliphatic carbocycles. The summed E-state index contributed by atoms with van der Waals surface area (Å²) in [5.74, 6) is 0.167. The molecule has 1 aliphatic rings. The van der Waals surface area contributed by atoms with Crippen molar-refractivity contribution in [1.29, 1.82) is 0 Å². The molecular weight excluding hydrogens is 234 g/mol. The topological polar surface area (TPSA) is 89.5 Å². The van der Waals surface area contributed by atoms with Crippen molar-refractivity contribution >= 4 is 17.3 Å². The minimum atomic E-state index is -0.486. The van der Waals surface area contributed by atoms with Crippen LogP contribution in [0.4, 0.5) is 11.4 Å². The molecule has 2 rings (SSSR count). The van der Waals surface area contributed by atoms with Crippen molar-refractivity contribution < 1.29 is 9.72 Å². The third kappa shape index (κ3) is 2.58. The van der Waals surface area contributed by atoms with Gasteiger partial charge in [-0.1, -0.05) is 6.07 Å². The number of carbonyl (C=O) groups excluding carboxylic acids is 1. The number of likely N-dealkylation sites (tertiary alicyclic amines) is 1. The molecule has 1 aliphatic heterocycles. The second-order valence-corrected chi connectivity index (χ2v) is 4.38. The molecule has 1 saturated heterocycles. The standard InChI is InChI=1S/C12H15N3O3/c13-10-4-3-9(8-11(10)15(17)18)5-7-14-6-1-2-12(14)16/h3-4,8H,1-2,5-7,13H2. The summed E-state index contributed by atoms with van der Waals surface area (Å²) in [5, 5.41) is 10.7. The quantitative estimate of drug-likeness (QED) is 0.495. The molecule has 0 aromatic heterocycles. The van der Waals surface area contributed by atoms with Crippen LogP contribution < -0.4 is 5.73 Å². The summed E-state index contributed by atoms with van der Waals surface area (Å²) >= 11 is 0. The Bertz CT molecular complexity index is 487. The van der Waals surface area contributed by atoms with Crippen molar-refractivity contribution in [2.45, 2.75) is 19.3 Å². The van der Waals surface area contributed by atoms with Gasteiger partial charge in [-0.15, -0.1) is 0 Å². The predicted molar refractivity (Wildman–Crippen MR) is 67.0 cm³/mol. The first kappa shape index (κ1) is 12.3. The smallest absolute Gasteiger partial charge is 0.292 e. The molecule has 18 heavy (non-hydrogen) atoms. The van der Waals surface area contributed by atoms with E-state index in [-0.39, 0.29) is 17.3 Å². The molecule has 1 amide bonds. The first-order valence-corrected chi connectivity index (χ1v) is 5.88. The normalized spacial score (nSPS) is 15.1. The number of nitro benzene ring substituents is 1. The molecule has 0 spiro atoms. The van der Waals surface area contributed by atoms with E-state index >= 15 is 0 Å². The van der Waals surface area contributed by atoms with Gasteiger partial charge in [0.25, 0.3) is 5.69 Å². The minimum absolute atomic E-state index is 0.0692. The van der Waals surface area contributed by atoms with Crippen molar-refractivity contribution in [1.82, 2.24) is 4.90 Å². The first-order valence-electron chi connectivity index (χ1n) is 5.88. The van der Waals surface area contributed by atoms with Crippen molar-refractivity contribution in [3.8, 4) is 0 Å². The number of nitrogens with two attached hydrogens (primary N) is 1. The van der Waals surface area contributed by atoms with E-state index in [1.54, 1.807) is 17.0 Å². The fourth-order valence-corrected chi connectivity index (χ4v) is 2.11. The number of nitrogens with zero attached hydrogens (tertiary/aromatic N) is 2. The summed E-state index contributed by atoms with van der Waals surface area (Å²) in [6, 6.07) is 4.79. The van der Waals surface area contributed by atoms with Crippen LogP contribution in [-0.2, 0) is 11.2 Å². The summed E-state index contributed by atoms with van der Waals surface area (Å²) in [5.41, 5.74) is 6.45. The fraction of sp³-hybridized carbons (Fsp3) is 0.417. The Morgan fingerprint density at radius 2 is 2.22 bits per heavy atom. The van der Waals surface area contributed by atoms with Gasteiger partial charge in [0.1, 0.15) is 5.69 Å². The number of nitrogen functional groups attached to an aromatic ring is 1. The van der Waals surface area contributed by atoms with Gasteiger partial charge in [0.05, 0.1) is 4.92 Å². The highest BCUT2D eigenvalue weighted by atomic mass is 16.6. The number of carbonyl (C=O) groups is 1. The van der Waals surface area contributed by atoms with Gasteiger partial charge in [0.2, 0.25) is 5.91 Å². The van der Waals surface area contributed by atoms with Gasteiger partial charge in [0.15, 0.2) is 0 Å². The Morgan fingerprint density at radius 3 is 2.83 bits per heavy atom. The van der Waals surface area contributed by atoms with Crippen LogP contribution in [-0.4, -0.2) is 28.8 Å². The van der Waals surface area contributed by atoms with E-state index in [1.165, 1.54) is 6.07 Å². The third-order valence-corrected chi connectivity index (χ3v) is 3.13. The number of hydrogen-bond acceptors (Lipinski definition) is 4. The fourth-order valence-electron chi connectivity index (χ4n) is 2.11. The van der Waals surface area contributed by atoms with E-state index in [0.29, 0.717) is 19.4 Å². The predicted octanol–water partition coefficient (Wildman–Crippen LogP) is 1.34. The van der Waals surface area contributed by atoms with Crippen LogP contribution >= 0.6 is 0 Å². The van der Waals surface area contributed by atoms with Crippen molar-refractivity contribution in [2.24, 2.45) is 0 Å². The lowest BCUT2D eigenvalue weighted by Gasteiger charge is -2.15. The van der Waals surface area contributed by atoms with Crippen LogP contribution in [0.1, 0.15) is 18.4 Å². The number of amides is 1.